The fourth-order valence-corrected chi connectivity index (χ4v) is 6.34. The van der Waals surface area contributed by atoms with Crippen molar-refractivity contribution in [2.75, 3.05) is 7.11 Å². The van der Waals surface area contributed by atoms with Gasteiger partial charge in [0, 0.05) is 19.3 Å². The maximum absolute atomic E-state index is 12.4. The number of rotatable bonds is 5. The van der Waals surface area contributed by atoms with E-state index in [1.165, 1.54) is 30.7 Å². The first-order valence-electron chi connectivity index (χ1n) is 11.1. The monoisotopic (exact) mass is 412 g/mol. The first kappa shape index (κ1) is 22.6. The van der Waals surface area contributed by atoms with Gasteiger partial charge in [0.2, 0.25) is 0 Å². The predicted octanol–water partition coefficient (Wildman–Crippen LogP) is 5.82. The van der Waals surface area contributed by atoms with E-state index in [4.69, 9.17) is 9.47 Å². The molecule has 0 unspecified atom stereocenters. The van der Waals surface area contributed by atoms with Gasteiger partial charge >= 0.3 is 11.9 Å². The zero-order valence-corrected chi connectivity index (χ0v) is 19.3. The van der Waals surface area contributed by atoms with Crippen molar-refractivity contribution in [3.63, 3.8) is 0 Å². The second-order valence-corrected chi connectivity index (χ2v) is 9.99. The van der Waals surface area contributed by atoms with Gasteiger partial charge in [-0.1, -0.05) is 63.1 Å². The van der Waals surface area contributed by atoms with Crippen molar-refractivity contribution in [2.45, 2.75) is 78.7 Å². The largest absolute Gasteiger partial charge is 0.469 e. The number of hydrogen-bond donors (Lipinski definition) is 0. The van der Waals surface area contributed by atoms with Crippen LogP contribution in [0.25, 0.3) is 0 Å². The summed E-state index contributed by atoms with van der Waals surface area (Å²) < 4.78 is 11.0. The summed E-state index contributed by atoms with van der Waals surface area (Å²) in [6.07, 6.45) is 4.08. The molecule has 0 saturated heterocycles. The van der Waals surface area contributed by atoms with E-state index in [1.54, 1.807) is 0 Å². The molecule has 0 aliphatic heterocycles. The molecule has 4 nitrogen and oxygen atoms in total. The van der Waals surface area contributed by atoms with Gasteiger partial charge in [-0.05, 0) is 54.1 Å². The molecule has 2 aliphatic rings. The molecule has 1 fully saturated rings. The number of ether oxygens (including phenoxy) is 2. The maximum Gasteiger partial charge on any atom is 0.305 e. The molecule has 1 aromatic carbocycles. The standard InChI is InChI=1S/C26H36O4/c1-17-20(19-11-8-7-9-12-19)15-21(30-18(2)27)24(17)26(5)14-10-13-25(3,4)22(26)16-23(28)29-6/h7-9,11-12,20-22H,10,13-16H2,1-6H3/t20-,21+,22-,26-/m1/s1. The van der Waals surface area contributed by atoms with Crippen molar-refractivity contribution in [1.29, 1.82) is 0 Å². The highest BCUT2D eigenvalue weighted by Gasteiger charge is 2.53. The van der Waals surface area contributed by atoms with Gasteiger partial charge in [0.15, 0.2) is 0 Å². The summed E-state index contributed by atoms with van der Waals surface area (Å²) >= 11 is 0. The van der Waals surface area contributed by atoms with Crippen LogP contribution in [0.2, 0.25) is 0 Å². The molecule has 164 valence electrons. The molecule has 0 bridgehead atoms. The van der Waals surface area contributed by atoms with Crippen LogP contribution in [-0.4, -0.2) is 25.2 Å². The highest BCUT2D eigenvalue weighted by molar-refractivity contribution is 5.70. The number of carbonyl (C=O) groups is 2. The minimum Gasteiger partial charge on any atom is -0.469 e. The van der Waals surface area contributed by atoms with Gasteiger partial charge in [0.25, 0.3) is 0 Å². The molecular weight excluding hydrogens is 376 g/mol. The molecule has 0 amide bonds. The van der Waals surface area contributed by atoms with Crippen LogP contribution < -0.4 is 0 Å². The summed E-state index contributed by atoms with van der Waals surface area (Å²) in [4.78, 5) is 24.4. The van der Waals surface area contributed by atoms with Gasteiger partial charge in [-0.3, -0.25) is 9.59 Å². The smallest absolute Gasteiger partial charge is 0.305 e. The zero-order chi connectivity index (χ0) is 22.1. The molecule has 4 heteroatoms. The molecule has 30 heavy (non-hydrogen) atoms. The van der Waals surface area contributed by atoms with Crippen LogP contribution in [0.15, 0.2) is 41.5 Å². The van der Waals surface area contributed by atoms with E-state index in [9.17, 15) is 9.59 Å². The SMILES string of the molecule is COC(=O)C[C@@H]1C(C)(C)CCC[C@@]1(C)C1=C(C)[C@H](c2ccccc2)C[C@@H]1OC(C)=O. The summed E-state index contributed by atoms with van der Waals surface area (Å²) in [6.45, 7) is 10.5. The van der Waals surface area contributed by atoms with Crippen LogP contribution in [0.1, 0.15) is 78.2 Å². The van der Waals surface area contributed by atoms with Crippen LogP contribution in [0.3, 0.4) is 0 Å². The molecule has 1 saturated carbocycles. The Morgan fingerprint density at radius 1 is 1.10 bits per heavy atom. The Balaban J connectivity index is 2.11. The van der Waals surface area contributed by atoms with Gasteiger partial charge in [-0.25, -0.2) is 0 Å². The van der Waals surface area contributed by atoms with E-state index < -0.39 is 0 Å². The van der Waals surface area contributed by atoms with Crippen molar-refractivity contribution >= 4 is 11.9 Å². The van der Waals surface area contributed by atoms with Crippen molar-refractivity contribution < 1.29 is 19.1 Å². The molecule has 0 radical (unpaired) electrons. The highest BCUT2D eigenvalue weighted by Crippen LogP contribution is 2.60. The summed E-state index contributed by atoms with van der Waals surface area (Å²) in [5, 5.41) is 0. The molecule has 3 rings (SSSR count). The van der Waals surface area contributed by atoms with E-state index in [-0.39, 0.29) is 40.7 Å². The Morgan fingerprint density at radius 3 is 2.37 bits per heavy atom. The lowest BCUT2D eigenvalue weighted by atomic mass is 9.52. The topological polar surface area (TPSA) is 52.6 Å². The Kier molecular flexibility index (Phi) is 6.45. The lowest BCUT2D eigenvalue weighted by Gasteiger charge is -2.52. The predicted molar refractivity (Wildman–Crippen MR) is 118 cm³/mol. The van der Waals surface area contributed by atoms with Crippen LogP contribution in [0, 0.1) is 16.7 Å². The lowest BCUT2D eigenvalue weighted by molar-refractivity contribution is -0.149. The first-order valence-corrected chi connectivity index (χ1v) is 11.1. The number of carbonyl (C=O) groups excluding carboxylic acids is 2. The number of benzene rings is 1. The van der Waals surface area contributed by atoms with Crippen molar-refractivity contribution in [3.05, 3.63) is 47.0 Å². The van der Waals surface area contributed by atoms with E-state index in [2.05, 4.69) is 52.0 Å². The van der Waals surface area contributed by atoms with Gasteiger partial charge in [0.1, 0.15) is 6.10 Å². The Bertz CT molecular complexity index is 823. The molecular formula is C26H36O4. The van der Waals surface area contributed by atoms with Crippen molar-refractivity contribution in [2.24, 2.45) is 16.7 Å². The summed E-state index contributed by atoms with van der Waals surface area (Å²) in [5.41, 5.74) is 3.56. The van der Waals surface area contributed by atoms with Gasteiger partial charge < -0.3 is 9.47 Å². The second kappa shape index (κ2) is 8.56. The Hall–Kier alpha value is -2.10. The van der Waals surface area contributed by atoms with Crippen molar-refractivity contribution in [1.82, 2.24) is 0 Å². The molecule has 0 aromatic heterocycles. The van der Waals surface area contributed by atoms with Crippen LogP contribution in [-0.2, 0) is 19.1 Å². The minimum atomic E-state index is -0.248. The molecule has 0 spiro atoms. The Morgan fingerprint density at radius 2 is 1.77 bits per heavy atom. The maximum atomic E-state index is 12.4. The summed E-state index contributed by atoms with van der Waals surface area (Å²) in [5.74, 6) is -0.0572. The summed E-state index contributed by atoms with van der Waals surface area (Å²) in [6, 6.07) is 10.5. The lowest BCUT2D eigenvalue weighted by Crippen LogP contribution is -2.46. The second-order valence-electron chi connectivity index (χ2n) is 9.99. The van der Waals surface area contributed by atoms with Gasteiger partial charge in [0.05, 0.1) is 7.11 Å². The molecule has 0 heterocycles. The normalized spacial score (nSPS) is 30.8. The van der Waals surface area contributed by atoms with Crippen molar-refractivity contribution in [3.8, 4) is 0 Å². The van der Waals surface area contributed by atoms with Crippen LogP contribution in [0.4, 0.5) is 0 Å². The third-order valence-electron chi connectivity index (χ3n) is 7.67. The Labute approximate surface area is 181 Å². The number of esters is 2. The fraction of sp³-hybridized carbons (Fsp3) is 0.615. The number of allylic oxidation sites excluding steroid dienone is 1. The minimum absolute atomic E-state index is 0.0000765. The van der Waals surface area contributed by atoms with E-state index in [0.29, 0.717) is 6.42 Å². The molecule has 2 aliphatic carbocycles. The highest BCUT2D eigenvalue weighted by atomic mass is 16.5. The van der Waals surface area contributed by atoms with E-state index in [1.807, 2.05) is 6.07 Å². The fourth-order valence-electron chi connectivity index (χ4n) is 6.34. The van der Waals surface area contributed by atoms with Gasteiger partial charge in [-0.2, -0.15) is 0 Å². The molecule has 1 aromatic rings. The van der Waals surface area contributed by atoms with Crippen LogP contribution in [0.5, 0.6) is 0 Å². The first-order chi connectivity index (χ1) is 14.1. The third kappa shape index (κ3) is 4.19. The average molecular weight is 413 g/mol. The number of hydrogen-bond acceptors (Lipinski definition) is 4. The van der Waals surface area contributed by atoms with Crippen LogP contribution >= 0.6 is 0 Å². The van der Waals surface area contributed by atoms with E-state index >= 15 is 0 Å². The number of methoxy groups -OCH3 is 1. The quantitative estimate of drug-likeness (QED) is 0.452. The third-order valence-corrected chi connectivity index (χ3v) is 7.67. The summed E-state index contributed by atoms with van der Waals surface area (Å²) in [7, 11) is 1.46. The van der Waals surface area contributed by atoms with Gasteiger partial charge in [-0.15, -0.1) is 0 Å². The van der Waals surface area contributed by atoms with E-state index in [0.717, 1.165) is 25.7 Å². The molecule has 4 atom stereocenters. The molecule has 0 N–H and O–H groups in total. The average Bonchev–Trinajstić information content (AvgIpc) is 3.01. The zero-order valence-electron chi connectivity index (χ0n) is 19.3.